The van der Waals surface area contributed by atoms with Gasteiger partial charge in [0.25, 0.3) is 0 Å². The Labute approximate surface area is 139 Å². The summed E-state index contributed by atoms with van der Waals surface area (Å²) < 4.78 is 45.1. The summed E-state index contributed by atoms with van der Waals surface area (Å²) in [4.78, 5) is 13.7. The molecule has 1 aromatic rings. The minimum atomic E-state index is -4.45. The van der Waals surface area contributed by atoms with Crippen LogP contribution in [0.1, 0.15) is 44.2 Å². The molecule has 0 aliphatic carbocycles. The Kier molecular flexibility index (Phi) is 5.13. The molecule has 1 heterocycles. The molecule has 0 radical (unpaired) electrons. The third-order valence-electron chi connectivity index (χ3n) is 3.98. The van der Waals surface area contributed by atoms with Gasteiger partial charge in [0, 0.05) is 25.0 Å². The standard InChI is InChI=1S/C17H23F3N2O2/c1-16(2,3)24-15(23)22-9-8-14(21)12(10-22)11-6-4-5-7-13(11)17(18,19)20/h4-7,12,14H,8-10,21H2,1-3H3/t12-,14+/m1/s1. The number of likely N-dealkylation sites (tertiary alicyclic amines) is 1. The molecule has 0 bridgehead atoms. The monoisotopic (exact) mass is 344 g/mol. The van der Waals surface area contributed by atoms with E-state index in [0.717, 1.165) is 6.07 Å². The van der Waals surface area contributed by atoms with Crippen LogP contribution in [0.5, 0.6) is 0 Å². The van der Waals surface area contributed by atoms with Gasteiger partial charge in [-0.25, -0.2) is 4.79 Å². The number of amides is 1. The highest BCUT2D eigenvalue weighted by atomic mass is 19.4. The maximum Gasteiger partial charge on any atom is 0.416 e. The molecule has 1 aliphatic rings. The number of ether oxygens (including phenoxy) is 1. The molecule has 1 amide bonds. The summed E-state index contributed by atoms with van der Waals surface area (Å²) in [6.07, 6.45) is -4.55. The fourth-order valence-corrected chi connectivity index (χ4v) is 2.87. The van der Waals surface area contributed by atoms with E-state index in [1.807, 2.05) is 0 Å². The normalized spacial score (nSPS) is 22.4. The molecule has 24 heavy (non-hydrogen) atoms. The number of carbonyl (C=O) groups excluding carboxylic acids is 1. The van der Waals surface area contributed by atoms with Crippen molar-refractivity contribution in [3.05, 3.63) is 35.4 Å². The Morgan fingerprint density at radius 2 is 1.88 bits per heavy atom. The molecule has 2 atom stereocenters. The molecule has 0 aromatic heterocycles. The number of halogens is 3. The van der Waals surface area contributed by atoms with Gasteiger partial charge in [0.15, 0.2) is 0 Å². The van der Waals surface area contributed by atoms with E-state index in [4.69, 9.17) is 10.5 Å². The first-order valence-electron chi connectivity index (χ1n) is 7.88. The second-order valence-corrected chi connectivity index (χ2v) is 7.07. The van der Waals surface area contributed by atoms with Crippen molar-refractivity contribution in [1.82, 2.24) is 4.90 Å². The van der Waals surface area contributed by atoms with E-state index in [0.29, 0.717) is 13.0 Å². The maximum atomic E-state index is 13.3. The predicted octanol–water partition coefficient (Wildman–Crippen LogP) is 3.76. The van der Waals surface area contributed by atoms with Gasteiger partial charge in [-0.3, -0.25) is 0 Å². The van der Waals surface area contributed by atoms with E-state index < -0.39 is 35.4 Å². The van der Waals surface area contributed by atoms with Crippen LogP contribution in [0.2, 0.25) is 0 Å². The topological polar surface area (TPSA) is 55.6 Å². The van der Waals surface area contributed by atoms with E-state index in [-0.39, 0.29) is 12.1 Å². The highest BCUT2D eigenvalue weighted by Crippen LogP contribution is 2.37. The van der Waals surface area contributed by atoms with Gasteiger partial charge < -0.3 is 15.4 Å². The summed E-state index contributed by atoms with van der Waals surface area (Å²) >= 11 is 0. The summed E-state index contributed by atoms with van der Waals surface area (Å²) in [5.74, 6) is -0.580. The molecule has 1 aliphatic heterocycles. The zero-order chi connectivity index (χ0) is 18.1. The Bertz CT molecular complexity index is 596. The fourth-order valence-electron chi connectivity index (χ4n) is 2.87. The van der Waals surface area contributed by atoms with Crippen LogP contribution in [0.4, 0.5) is 18.0 Å². The van der Waals surface area contributed by atoms with E-state index in [1.165, 1.54) is 17.0 Å². The molecular weight excluding hydrogens is 321 g/mol. The van der Waals surface area contributed by atoms with Crippen molar-refractivity contribution in [2.75, 3.05) is 13.1 Å². The largest absolute Gasteiger partial charge is 0.444 e. The summed E-state index contributed by atoms with van der Waals surface area (Å²) in [5, 5.41) is 0. The lowest BCUT2D eigenvalue weighted by Crippen LogP contribution is -2.49. The van der Waals surface area contributed by atoms with Crippen molar-refractivity contribution >= 4 is 6.09 Å². The SMILES string of the molecule is CC(C)(C)OC(=O)N1CC[C@H](N)[C@@H](c2ccccc2C(F)(F)F)C1. The molecular formula is C17H23F3N2O2. The first kappa shape index (κ1) is 18.6. The van der Waals surface area contributed by atoms with Crippen LogP contribution in [0, 0.1) is 0 Å². The van der Waals surface area contributed by atoms with Crippen LogP contribution in [-0.2, 0) is 10.9 Å². The van der Waals surface area contributed by atoms with E-state index in [1.54, 1.807) is 26.8 Å². The number of carbonyl (C=O) groups is 1. The number of hydrogen-bond donors (Lipinski definition) is 1. The van der Waals surface area contributed by atoms with Gasteiger partial charge >= 0.3 is 12.3 Å². The number of piperidine rings is 1. The van der Waals surface area contributed by atoms with E-state index >= 15 is 0 Å². The second kappa shape index (κ2) is 6.63. The average molecular weight is 344 g/mol. The van der Waals surface area contributed by atoms with Crippen molar-refractivity contribution in [3.63, 3.8) is 0 Å². The smallest absolute Gasteiger partial charge is 0.416 e. The van der Waals surface area contributed by atoms with Crippen molar-refractivity contribution < 1.29 is 22.7 Å². The van der Waals surface area contributed by atoms with Gasteiger partial charge in [0.1, 0.15) is 5.60 Å². The molecule has 1 saturated heterocycles. The first-order chi connectivity index (χ1) is 11.0. The second-order valence-electron chi connectivity index (χ2n) is 7.07. The minimum Gasteiger partial charge on any atom is -0.444 e. The lowest BCUT2D eigenvalue weighted by Gasteiger charge is -2.38. The molecule has 7 heteroatoms. The van der Waals surface area contributed by atoms with Gasteiger partial charge in [-0.1, -0.05) is 18.2 Å². The van der Waals surface area contributed by atoms with Crippen LogP contribution >= 0.6 is 0 Å². The molecule has 1 fully saturated rings. The van der Waals surface area contributed by atoms with Gasteiger partial charge in [-0.2, -0.15) is 13.2 Å². The van der Waals surface area contributed by atoms with Gasteiger partial charge in [0.2, 0.25) is 0 Å². The highest BCUT2D eigenvalue weighted by molar-refractivity contribution is 5.68. The third kappa shape index (κ3) is 4.41. The lowest BCUT2D eigenvalue weighted by molar-refractivity contribution is -0.138. The molecule has 0 saturated carbocycles. The summed E-state index contributed by atoms with van der Waals surface area (Å²) in [6, 6.07) is 4.96. The van der Waals surface area contributed by atoms with Crippen molar-refractivity contribution in [3.8, 4) is 0 Å². The summed E-state index contributed by atoms with van der Waals surface area (Å²) in [7, 11) is 0. The van der Waals surface area contributed by atoms with E-state index in [2.05, 4.69) is 0 Å². The van der Waals surface area contributed by atoms with Crippen LogP contribution in [0.3, 0.4) is 0 Å². The Hall–Kier alpha value is -1.76. The van der Waals surface area contributed by atoms with Crippen molar-refractivity contribution in [2.24, 2.45) is 5.73 Å². The van der Waals surface area contributed by atoms with Crippen LogP contribution in [0.25, 0.3) is 0 Å². The fraction of sp³-hybridized carbons (Fsp3) is 0.588. The molecule has 0 spiro atoms. The Balaban J connectivity index is 2.26. The van der Waals surface area contributed by atoms with Crippen LogP contribution in [-0.4, -0.2) is 35.7 Å². The number of hydrogen-bond acceptors (Lipinski definition) is 3. The van der Waals surface area contributed by atoms with Crippen molar-refractivity contribution in [1.29, 1.82) is 0 Å². The zero-order valence-corrected chi connectivity index (χ0v) is 14.1. The van der Waals surface area contributed by atoms with Crippen LogP contribution < -0.4 is 5.73 Å². The van der Waals surface area contributed by atoms with Crippen molar-refractivity contribution in [2.45, 2.75) is 50.9 Å². The minimum absolute atomic E-state index is 0.114. The van der Waals surface area contributed by atoms with Gasteiger partial charge in [-0.15, -0.1) is 0 Å². The summed E-state index contributed by atoms with van der Waals surface area (Å²) in [6.45, 7) is 5.73. The molecule has 2 rings (SSSR count). The number of benzene rings is 1. The highest BCUT2D eigenvalue weighted by Gasteiger charge is 2.39. The molecule has 134 valence electrons. The lowest BCUT2D eigenvalue weighted by atomic mass is 9.84. The number of nitrogens with two attached hydrogens (primary N) is 1. The Morgan fingerprint density at radius 3 is 2.46 bits per heavy atom. The Morgan fingerprint density at radius 1 is 1.25 bits per heavy atom. The van der Waals surface area contributed by atoms with Gasteiger partial charge in [-0.05, 0) is 38.8 Å². The van der Waals surface area contributed by atoms with Gasteiger partial charge in [0.05, 0.1) is 5.56 Å². The first-order valence-corrected chi connectivity index (χ1v) is 7.88. The molecule has 1 aromatic carbocycles. The number of rotatable bonds is 1. The zero-order valence-electron chi connectivity index (χ0n) is 14.1. The average Bonchev–Trinajstić information content (AvgIpc) is 2.45. The predicted molar refractivity (Wildman–Crippen MR) is 84.6 cm³/mol. The van der Waals surface area contributed by atoms with E-state index in [9.17, 15) is 18.0 Å². The number of nitrogens with zero attached hydrogens (tertiary/aromatic N) is 1. The summed E-state index contributed by atoms with van der Waals surface area (Å²) in [5.41, 5.74) is 4.84. The third-order valence-corrected chi connectivity index (χ3v) is 3.98. The molecule has 4 nitrogen and oxygen atoms in total. The number of alkyl halides is 3. The quantitative estimate of drug-likeness (QED) is 0.844. The maximum absolute atomic E-state index is 13.3. The molecule has 2 N–H and O–H groups in total. The van der Waals surface area contributed by atoms with Crippen LogP contribution in [0.15, 0.2) is 24.3 Å². The molecule has 0 unspecified atom stereocenters.